The van der Waals surface area contributed by atoms with E-state index in [-0.39, 0.29) is 11.8 Å². The van der Waals surface area contributed by atoms with Gasteiger partial charge in [-0.2, -0.15) is 0 Å². The third kappa shape index (κ3) is 1.95. The summed E-state index contributed by atoms with van der Waals surface area (Å²) in [6, 6.07) is 7.91. The maximum Gasteiger partial charge on any atom is 0.316 e. The van der Waals surface area contributed by atoms with Gasteiger partial charge < -0.3 is 15.0 Å². The highest BCUT2D eigenvalue weighted by atomic mass is 16.4. The summed E-state index contributed by atoms with van der Waals surface area (Å²) >= 11 is 0. The molecule has 1 saturated heterocycles. The van der Waals surface area contributed by atoms with Crippen molar-refractivity contribution in [3.63, 3.8) is 0 Å². The van der Waals surface area contributed by atoms with Crippen molar-refractivity contribution in [2.75, 3.05) is 6.54 Å². The highest BCUT2D eigenvalue weighted by molar-refractivity contribution is 5.98. The van der Waals surface area contributed by atoms with Gasteiger partial charge in [-0.05, 0) is 35.6 Å². The third-order valence-electron chi connectivity index (χ3n) is 4.04. The lowest BCUT2D eigenvalue weighted by atomic mass is 9.80. The van der Waals surface area contributed by atoms with Crippen LogP contribution in [0.2, 0.25) is 0 Å². The molecule has 1 amide bonds. The second kappa shape index (κ2) is 4.67. The number of hydrogen-bond acceptors (Lipinski definition) is 2. The SMILES string of the molecule is Cn1ccc2cc(C3CCNC(=O)C3C(=O)O)ccc21. The fourth-order valence-corrected chi connectivity index (χ4v) is 2.98. The summed E-state index contributed by atoms with van der Waals surface area (Å²) in [6.45, 7) is 0.528. The summed E-state index contributed by atoms with van der Waals surface area (Å²) in [5, 5.41) is 13.0. The minimum Gasteiger partial charge on any atom is -0.481 e. The van der Waals surface area contributed by atoms with Crippen LogP contribution in [-0.4, -0.2) is 28.1 Å². The summed E-state index contributed by atoms with van der Waals surface area (Å²) in [5.74, 6) is -2.70. The molecule has 2 unspecified atom stereocenters. The highest BCUT2D eigenvalue weighted by Gasteiger charge is 2.38. The zero-order chi connectivity index (χ0) is 14.3. The van der Waals surface area contributed by atoms with E-state index in [1.807, 2.05) is 42.1 Å². The Morgan fingerprint density at radius 3 is 2.95 bits per heavy atom. The molecular weight excluding hydrogens is 256 g/mol. The molecule has 1 aromatic carbocycles. The van der Waals surface area contributed by atoms with E-state index in [2.05, 4.69) is 5.32 Å². The van der Waals surface area contributed by atoms with E-state index in [4.69, 9.17) is 0 Å². The van der Waals surface area contributed by atoms with Gasteiger partial charge in [0.2, 0.25) is 5.91 Å². The monoisotopic (exact) mass is 272 g/mol. The molecule has 104 valence electrons. The first-order valence-electron chi connectivity index (χ1n) is 6.63. The Labute approximate surface area is 116 Å². The van der Waals surface area contributed by atoms with Crippen LogP contribution in [0.25, 0.3) is 10.9 Å². The number of aliphatic carboxylic acids is 1. The third-order valence-corrected chi connectivity index (χ3v) is 4.04. The van der Waals surface area contributed by atoms with Crippen molar-refractivity contribution in [3.05, 3.63) is 36.0 Å². The zero-order valence-corrected chi connectivity index (χ0v) is 11.2. The Kier molecular flexibility index (Phi) is 2.97. The van der Waals surface area contributed by atoms with Crippen LogP contribution in [0.15, 0.2) is 30.5 Å². The molecule has 0 saturated carbocycles. The smallest absolute Gasteiger partial charge is 0.316 e. The predicted molar refractivity (Wildman–Crippen MR) is 74.4 cm³/mol. The zero-order valence-electron chi connectivity index (χ0n) is 11.2. The molecule has 3 rings (SSSR count). The van der Waals surface area contributed by atoms with Gasteiger partial charge in [0, 0.05) is 31.2 Å². The van der Waals surface area contributed by atoms with Crippen LogP contribution in [0.4, 0.5) is 0 Å². The number of amides is 1. The average molecular weight is 272 g/mol. The molecule has 1 aliphatic rings. The molecule has 20 heavy (non-hydrogen) atoms. The lowest BCUT2D eigenvalue weighted by molar-refractivity contribution is -0.149. The van der Waals surface area contributed by atoms with Crippen LogP contribution in [0.3, 0.4) is 0 Å². The Bertz CT molecular complexity index is 689. The van der Waals surface area contributed by atoms with Crippen LogP contribution < -0.4 is 5.32 Å². The number of benzene rings is 1. The molecule has 0 spiro atoms. The van der Waals surface area contributed by atoms with Crippen LogP contribution in [-0.2, 0) is 16.6 Å². The Morgan fingerprint density at radius 1 is 1.40 bits per heavy atom. The first kappa shape index (κ1) is 12.7. The number of carbonyl (C=O) groups excluding carboxylic acids is 1. The lowest BCUT2D eigenvalue weighted by Gasteiger charge is -2.28. The summed E-state index contributed by atoms with van der Waals surface area (Å²) in [4.78, 5) is 23.1. The Hall–Kier alpha value is -2.30. The number of aryl methyl sites for hydroxylation is 1. The molecule has 2 atom stereocenters. The number of fused-ring (bicyclic) bond motifs is 1. The summed E-state index contributed by atoms with van der Waals surface area (Å²) < 4.78 is 2.02. The first-order valence-corrected chi connectivity index (χ1v) is 6.63. The lowest BCUT2D eigenvalue weighted by Crippen LogP contribution is -2.44. The van der Waals surface area contributed by atoms with E-state index in [1.54, 1.807) is 0 Å². The number of nitrogens with one attached hydrogen (secondary N) is 1. The van der Waals surface area contributed by atoms with Gasteiger partial charge in [-0.15, -0.1) is 0 Å². The fourth-order valence-electron chi connectivity index (χ4n) is 2.98. The molecule has 0 aliphatic carbocycles. The molecule has 0 bridgehead atoms. The predicted octanol–water partition coefficient (Wildman–Crippen LogP) is 1.48. The largest absolute Gasteiger partial charge is 0.481 e. The number of carboxylic acids is 1. The van der Waals surface area contributed by atoms with Crippen molar-refractivity contribution in [2.24, 2.45) is 13.0 Å². The minimum absolute atomic E-state index is 0.258. The minimum atomic E-state index is -1.06. The highest BCUT2D eigenvalue weighted by Crippen LogP contribution is 2.33. The first-order chi connectivity index (χ1) is 9.58. The van der Waals surface area contributed by atoms with Gasteiger partial charge in [0.15, 0.2) is 0 Å². The molecule has 1 aromatic heterocycles. The van der Waals surface area contributed by atoms with Crippen molar-refractivity contribution >= 4 is 22.8 Å². The quantitative estimate of drug-likeness (QED) is 0.813. The average Bonchev–Trinajstić information content (AvgIpc) is 2.79. The van der Waals surface area contributed by atoms with E-state index >= 15 is 0 Å². The second-order valence-corrected chi connectivity index (χ2v) is 5.25. The molecule has 5 nitrogen and oxygen atoms in total. The second-order valence-electron chi connectivity index (χ2n) is 5.25. The number of hydrogen-bond donors (Lipinski definition) is 2. The van der Waals surface area contributed by atoms with Gasteiger partial charge in [-0.1, -0.05) is 6.07 Å². The summed E-state index contributed by atoms with van der Waals surface area (Å²) in [6.07, 6.45) is 2.62. The number of nitrogens with zero attached hydrogens (tertiary/aromatic N) is 1. The molecule has 1 aliphatic heterocycles. The van der Waals surface area contributed by atoms with Gasteiger partial charge in [-0.25, -0.2) is 0 Å². The van der Waals surface area contributed by atoms with Gasteiger partial charge >= 0.3 is 5.97 Å². The van der Waals surface area contributed by atoms with E-state index in [0.29, 0.717) is 13.0 Å². The van der Waals surface area contributed by atoms with E-state index in [9.17, 15) is 14.7 Å². The maximum atomic E-state index is 11.8. The number of carbonyl (C=O) groups is 2. The number of piperidine rings is 1. The van der Waals surface area contributed by atoms with Crippen molar-refractivity contribution < 1.29 is 14.7 Å². The van der Waals surface area contributed by atoms with E-state index in [0.717, 1.165) is 16.5 Å². The van der Waals surface area contributed by atoms with Crippen LogP contribution in [0, 0.1) is 5.92 Å². The normalized spacial score (nSPS) is 22.8. The van der Waals surface area contributed by atoms with Crippen molar-refractivity contribution in [1.82, 2.24) is 9.88 Å². The molecule has 2 N–H and O–H groups in total. The van der Waals surface area contributed by atoms with Crippen LogP contribution in [0.1, 0.15) is 17.9 Å². The molecule has 2 heterocycles. The fraction of sp³-hybridized carbons (Fsp3) is 0.333. The Morgan fingerprint density at radius 2 is 2.20 bits per heavy atom. The summed E-state index contributed by atoms with van der Waals surface area (Å²) in [5.41, 5.74) is 2.02. The van der Waals surface area contributed by atoms with Crippen molar-refractivity contribution in [2.45, 2.75) is 12.3 Å². The number of carboxylic acid groups (broad SMARTS) is 1. The molecular formula is C15H16N2O3. The Balaban J connectivity index is 2.03. The van der Waals surface area contributed by atoms with Gasteiger partial charge in [0.05, 0.1) is 0 Å². The number of aromatic nitrogens is 1. The summed E-state index contributed by atoms with van der Waals surface area (Å²) in [7, 11) is 1.97. The van der Waals surface area contributed by atoms with Crippen LogP contribution in [0.5, 0.6) is 0 Å². The van der Waals surface area contributed by atoms with Crippen molar-refractivity contribution in [3.8, 4) is 0 Å². The van der Waals surface area contributed by atoms with E-state index in [1.165, 1.54) is 0 Å². The van der Waals surface area contributed by atoms with Gasteiger partial charge in [0.25, 0.3) is 0 Å². The van der Waals surface area contributed by atoms with Gasteiger partial charge in [0.1, 0.15) is 5.92 Å². The van der Waals surface area contributed by atoms with Gasteiger partial charge in [-0.3, -0.25) is 9.59 Å². The molecule has 5 heteroatoms. The topological polar surface area (TPSA) is 71.3 Å². The van der Waals surface area contributed by atoms with E-state index < -0.39 is 11.9 Å². The van der Waals surface area contributed by atoms with Crippen LogP contribution >= 0.6 is 0 Å². The van der Waals surface area contributed by atoms with Crippen molar-refractivity contribution in [1.29, 1.82) is 0 Å². The standard InChI is InChI=1S/C15H16N2O3/c1-17-7-5-10-8-9(2-3-12(10)17)11-4-6-16-14(18)13(11)15(19)20/h2-3,5,7-8,11,13H,4,6H2,1H3,(H,16,18)(H,19,20). The molecule has 1 fully saturated rings. The molecule has 0 radical (unpaired) electrons. The molecule has 2 aromatic rings. The maximum absolute atomic E-state index is 11.8. The number of rotatable bonds is 2.